The summed E-state index contributed by atoms with van der Waals surface area (Å²) < 4.78 is 41.6. The molecule has 10 heteroatoms. The van der Waals surface area contributed by atoms with Gasteiger partial charge in [0.15, 0.2) is 5.82 Å². The number of nitrogens with one attached hydrogen (secondary N) is 1. The molecule has 0 aliphatic rings. The maximum absolute atomic E-state index is 13.6. The number of halogens is 3. The van der Waals surface area contributed by atoms with Gasteiger partial charge in [-0.25, -0.2) is 4.98 Å². The number of benzene rings is 1. The van der Waals surface area contributed by atoms with Crippen LogP contribution in [0, 0.1) is 13.8 Å². The second kappa shape index (κ2) is 8.24. The maximum atomic E-state index is 13.6. The van der Waals surface area contributed by atoms with Gasteiger partial charge in [0, 0.05) is 32.2 Å². The SMILES string of the molecule is Cc1cccc(NC(=O)CN(C)C(=O)CC(O)(c2nccn2C)C(F)(F)F)c1C. The van der Waals surface area contributed by atoms with Crippen molar-refractivity contribution in [2.45, 2.75) is 32.0 Å². The average molecular weight is 412 g/mol. The van der Waals surface area contributed by atoms with E-state index >= 15 is 0 Å². The van der Waals surface area contributed by atoms with E-state index < -0.39 is 42.4 Å². The smallest absolute Gasteiger partial charge is 0.374 e. The van der Waals surface area contributed by atoms with Crippen LogP contribution in [0.3, 0.4) is 0 Å². The van der Waals surface area contributed by atoms with Crippen LogP contribution in [0.15, 0.2) is 30.6 Å². The number of carbonyl (C=O) groups excluding carboxylic acids is 2. The van der Waals surface area contributed by atoms with Crippen molar-refractivity contribution in [3.63, 3.8) is 0 Å². The van der Waals surface area contributed by atoms with Crippen molar-refractivity contribution >= 4 is 17.5 Å². The molecule has 1 aromatic carbocycles. The highest BCUT2D eigenvalue weighted by molar-refractivity contribution is 5.95. The lowest BCUT2D eigenvalue weighted by atomic mass is 9.96. The molecule has 0 fully saturated rings. The second-order valence-corrected chi connectivity index (χ2v) is 6.94. The third-order valence-corrected chi connectivity index (χ3v) is 4.75. The van der Waals surface area contributed by atoms with Gasteiger partial charge in [-0.3, -0.25) is 9.59 Å². The van der Waals surface area contributed by atoms with E-state index in [2.05, 4.69) is 10.3 Å². The van der Waals surface area contributed by atoms with Gasteiger partial charge >= 0.3 is 6.18 Å². The number of aryl methyl sites for hydroxylation is 2. The predicted molar refractivity (Wildman–Crippen MR) is 100.0 cm³/mol. The molecule has 1 heterocycles. The molecule has 0 aliphatic heterocycles. The Morgan fingerprint density at radius 2 is 1.93 bits per heavy atom. The molecule has 2 amide bonds. The van der Waals surface area contributed by atoms with Crippen molar-refractivity contribution in [3.05, 3.63) is 47.5 Å². The highest BCUT2D eigenvalue weighted by Gasteiger charge is 2.58. The highest BCUT2D eigenvalue weighted by Crippen LogP contribution is 2.41. The monoisotopic (exact) mass is 412 g/mol. The number of carbonyl (C=O) groups is 2. The molecule has 0 aliphatic carbocycles. The van der Waals surface area contributed by atoms with Crippen LogP contribution >= 0.6 is 0 Å². The Bertz CT molecular complexity index is 910. The minimum Gasteiger partial charge on any atom is -0.374 e. The molecule has 2 aromatic rings. The number of amides is 2. The molecule has 7 nitrogen and oxygen atoms in total. The van der Waals surface area contributed by atoms with Crippen LogP contribution in [-0.4, -0.2) is 51.1 Å². The van der Waals surface area contributed by atoms with Crippen molar-refractivity contribution in [2.75, 3.05) is 18.9 Å². The number of rotatable bonds is 6. The number of alkyl halides is 3. The lowest BCUT2D eigenvalue weighted by Gasteiger charge is -2.30. The van der Waals surface area contributed by atoms with Gasteiger partial charge in [0.05, 0.1) is 13.0 Å². The number of anilines is 1. The van der Waals surface area contributed by atoms with Gasteiger partial charge in [-0.05, 0) is 31.0 Å². The Morgan fingerprint density at radius 1 is 1.28 bits per heavy atom. The number of nitrogens with zero attached hydrogens (tertiary/aromatic N) is 3. The number of hydrogen-bond acceptors (Lipinski definition) is 4. The molecule has 1 atom stereocenters. The molecule has 0 saturated heterocycles. The van der Waals surface area contributed by atoms with Crippen molar-refractivity contribution in [2.24, 2.45) is 7.05 Å². The molecule has 2 N–H and O–H groups in total. The molecule has 2 rings (SSSR count). The third kappa shape index (κ3) is 4.76. The molecule has 158 valence electrons. The lowest BCUT2D eigenvalue weighted by Crippen LogP contribution is -2.48. The van der Waals surface area contributed by atoms with Gasteiger partial charge in [0.25, 0.3) is 0 Å². The number of aliphatic hydroxyl groups is 1. The van der Waals surface area contributed by atoms with E-state index in [0.717, 1.165) is 26.8 Å². The average Bonchev–Trinajstić information content (AvgIpc) is 3.04. The van der Waals surface area contributed by atoms with E-state index in [1.54, 1.807) is 12.1 Å². The first-order valence-corrected chi connectivity index (χ1v) is 8.73. The van der Waals surface area contributed by atoms with Gasteiger partial charge < -0.3 is 19.9 Å². The van der Waals surface area contributed by atoms with Gasteiger partial charge in [0.1, 0.15) is 0 Å². The number of imidazole rings is 1. The summed E-state index contributed by atoms with van der Waals surface area (Å²) in [7, 11) is 2.48. The van der Waals surface area contributed by atoms with Crippen LogP contribution in [-0.2, 0) is 22.2 Å². The zero-order chi connectivity index (χ0) is 22.0. The Kier molecular flexibility index (Phi) is 6.37. The number of likely N-dealkylation sites (N-methyl/N-ethyl adjacent to an activating group) is 1. The normalized spacial score (nSPS) is 13.7. The quantitative estimate of drug-likeness (QED) is 0.762. The Morgan fingerprint density at radius 3 is 2.48 bits per heavy atom. The largest absolute Gasteiger partial charge is 0.425 e. The van der Waals surface area contributed by atoms with Gasteiger partial charge in [-0.2, -0.15) is 13.2 Å². The highest BCUT2D eigenvalue weighted by atomic mass is 19.4. The molecular formula is C19H23F3N4O3. The summed E-state index contributed by atoms with van der Waals surface area (Å²) in [6, 6.07) is 5.31. The molecule has 0 radical (unpaired) electrons. The molecule has 1 aromatic heterocycles. The molecular weight excluding hydrogens is 389 g/mol. The van der Waals surface area contributed by atoms with Crippen LogP contribution < -0.4 is 5.32 Å². The molecule has 0 saturated carbocycles. The number of hydrogen-bond donors (Lipinski definition) is 2. The summed E-state index contributed by atoms with van der Waals surface area (Å²) in [5.41, 5.74) is -1.12. The first-order chi connectivity index (χ1) is 13.4. The Hall–Kier alpha value is -2.88. The number of aromatic nitrogens is 2. The minimum atomic E-state index is -5.14. The van der Waals surface area contributed by atoms with E-state index in [4.69, 9.17) is 0 Å². The second-order valence-electron chi connectivity index (χ2n) is 6.94. The summed E-state index contributed by atoms with van der Waals surface area (Å²) >= 11 is 0. The summed E-state index contributed by atoms with van der Waals surface area (Å²) in [5.74, 6) is -2.32. The minimum absolute atomic E-state index is 0.472. The van der Waals surface area contributed by atoms with Crippen LogP contribution in [0.2, 0.25) is 0 Å². The summed E-state index contributed by atoms with van der Waals surface area (Å²) in [6.07, 6.45) is -4.10. The van der Waals surface area contributed by atoms with E-state index in [0.29, 0.717) is 5.69 Å². The van der Waals surface area contributed by atoms with Crippen LogP contribution in [0.1, 0.15) is 23.4 Å². The van der Waals surface area contributed by atoms with Crippen molar-refractivity contribution in [1.82, 2.24) is 14.5 Å². The maximum Gasteiger partial charge on any atom is 0.425 e. The molecule has 0 spiro atoms. The topological polar surface area (TPSA) is 87.5 Å². The molecule has 1 unspecified atom stereocenters. The zero-order valence-electron chi connectivity index (χ0n) is 16.5. The Balaban J connectivity index is 2.11. The molecule has 0 bridgehead atoms. The van der Waals surface area contributed by atoms with Crippen molar-refractivity contribution in [3.8, 4) is 0 Å². The predicted octanol–water partition coefficient (Wildman–Crippen LogP) is 2.27. The third-order valence-electron chi connectivity index (χ3n) is 4.75. The van der Waals surface area contributed by atoms with E-state index in [9.17, 15) is 27.9 Å². The fourth-order valence-electron chi connectivity index (χ4n) is 2.80. The van der Waals surface area contributed by atoms with E-state index in [-0.39, 0.29) is 0 Å². The first-order valence-electron chi connectivity index (χ1n) is 8.73. The van der Waals surface area contributed by atoms with E-state index in [1.807, 2.05) is 19.9 Å². The fourth-order valence-corrected chi connectivity index (χ4v) is 2.80. The van der Waals surface area contributed by atoms with Crippen LogP contribution in [0.5, 0.6) is 0 Å². The van der Waals surface area contributed by atoms with Gasteiger partial charge in [0.2, 0.25) is 17.4 Å². The van der Waals surface area contributed by atoms with Gasteiger partial charge in [-0.1, -0.05) is 12.1 Å². The Labute approximate surface area is 166 Å². The summed E-state index contributed by atoms with van der Waals surface area (Å²) in [4.78, 5) is 29.0. The standard InChI is InChI=1S/C19H23F3N4O3/c1-12-6-5-7-14(13(12)2)24-15(27)11-26(4)16(28)10-18(29,19(20,21)22)17-23-8-9-25(17)3/h5-9,29H,10-11H2,1-4H3,(H,24,27). The fraction of sp³-hybridized carbons (Fsp3) is 0.421. The van der Waals surface area contributed by atoms with Crippen LogP contribution in [0.25, 0.3) is 0 Å². The van der Waals surface area contributed by atoms with Crippen molar-refractivity contribution < 1.29 is 27.9 Å². The first kappa shape index (κ1) is 22.4. The van der Waals surface area contributed by atoms with E-state index in [1.165, 1.54) is 20.3 Å². The summed E-state index contributed by atoms with van der Waals surface area (Å²) in [5, 5.41) is 12.9. The lowest BCUT2D eigenvalue weighted by molar-refractivity contribution is -0.271. The van der Waals surface area contributed by atoms with Gasteiger partial charge in [-0.15, -0.1) is 0 Å². The molecule has 29 heavy (non-hydrogen) atoms. The van der Waals surface area contributed by atoms with Crippen molar-refractivity contribution in [1.29, 1.82) is 0 Å². The van der Waals surface area contributed by atoms with Crippen LogP contribution in [0.4, 0.5) is 18.9 Å². The summed E-state index contributed by atoms with van der Waals surface area (Å²) in [6.45, 7) is 3.22. The zero-order valence-corrected chi connectivity index (χ0v) is 16.5.